The first-order valence-corrected chi connectivity index (χ1v) is 6.77. The van der Waals surface area contributed by atoms with Gasteiger partial charge in [0, 0.05) is 21.8 Å². The number of aliphatic hydroxyl groups excluding tert-OH is 1. The lowest BCUT2D eigenvalue weighted by atomic mass is 10.1. The fourth-order valence-corrected chi connectivity index (χ4v) is 2.51. The first kappa shape index (κ1) is 14.2. The molecule has 0 amide bonds. The van der Waals surface area contributed by atoms with Crippen molar-refractivity contribution in [2.75, 3.05) is 5.32 Å². The lowest BCUT2D eigenvalue weighted by Crippen LogP contribution is -2.07. The minimum Gasteiger partial charge on any atom is -0.392 e. The molecule has 2 aromatic carbocycles. The standard InChI is InChI=1S/C15H15Cl2NO/c1-10(14-6-5-12(16)8-15(14)17)18-13-4-2-3-11(7-13)9-19/h2-8,10,18-19H,9H2,1H3. The van der Waals surface area contributed by atoms with E-state index >= 15 is 0 Å². The van der Waals surface area contributed by atoms with Gasteiger partial charge < -0.3 is 10.4 Å². The minimum atomic E-state index is 0.0333. The van der Waals surface area contributed by atoms with Gasteiger partial charge in [0.05, 0.1) is 6.61 Å². The summed E-state index contributed by atoms with van der Waals surface area (Å²) >= 11 is 12.1. The molecule has 19 heavy (non-hydrogen) atoms. The molecule has 0 bridgehead atoms. The van der Waals surface area contributed by atoms with Gasteiger partial charge in [-0.1, -0.05) is 41.4 Å². The van der Waals surface area contributed by atoms with Gasteiger partial charge in [-0.3, -0.25) is 0 Å². The molecule has 2 rings (SSSR count). The Labute approximate surface area is 123 Å². The van der Waals surface area contributed by atoms with E-state index in [1.54, 1.807) is 6.07 Å². The van der Waals surface area contributed by atoms with Gasteiger partial charge in [0.15, 0.2) is 0 Å². The van der Waals surface area contributed by atoms with Gasteiger partial charge >= 0.3 is 0 Å². The van der Waals surface area contributed by atoms with Gasteiger partial charge in [-0.05, 0) is 42.3 Å². The largest absolute Gasteiger partial charge is 0.392 e. The molecule has 1 unspecified atom stereocenters. The van der Waals surface area contributed by atoms with Crippen LogP contribution in [0.3, 0.4) is 0 Å². The third-order valence-corrected chi connectivity index (χ3v) is 3.48. The van der Waals surface area contributed by atoms with Crippen molar-refractivity contribution in [1.29, 1.82) is 0 Å². The Morgan fingerprint density at radius 1 is 1.16 bits per heavy atom. The number of aliphatic hydroxyl groups is 1. The van der Waals surface area contributed by atoms with Crippen molar-refractivity contribution < 1.29 is 5.11 Å². The molecule has 0 radical (unpaired) electrons. The summed E-state index contributed by atoms with van der Waals surface area (Å²) in [5.41, 5.74) is 2.81. The first-order valence-electron chi connectivity index (χ1n) is 6.01. The summed E-state index contributed by atoms with van der Waals surface area (Å²) in [6, 6.07) is 13.2. The van der Waals surface area contributed by atoms with Crippen molar-refractivity contribution in [2.24, 2.45) is 0 Å². The van der Waals surface area contributed by atoms with Crippen molar-refractivity contribution in [1.82, 2.24) is 0 Å². The molecule has 0 saturated heterocycles. The molecule has 2 nitrogen and oxygen atoms in total. The van der Waals surface area contributed by atoms with Crippen molar-refractivity contribution in [3.8, 4) is 0 Å². The zero-order chi connectivity index (χ0) is 13.8. The molecule has 0 aromatic heterocycles. The number of nitrogens with one attached hydrogen (secondary N) is 1. The maximum absolute atomic E-state index is 9.12. The Hall–Kier alpha value is -1.22. The zero-order valence-corrected chi connectivity index (χ0v) is 12.0. The molecule has 2 N–H and O–H groups in total. The smallest absolute Gasteiger partial charge is 0.0682 e. The maximum Gasteiger partial charge on any atom is 0.0682 e. The van der Waals surface area contributed by atoms with Crippen LogP contribution in [0, 0.1) is 0 Å². The Morgan fingerprint density at radius 2 is 1.95 bits per heavy atom. The van der Waals surface area contributed by atoms with Gasteiger partial charge in [0.25, 0.3) is 0 Å². The van der Waals surface area contributed by atoms with E-state index in [0.717, 1.165) is 16.8 Å². The van der Waals surface area contributed by atoms with E-state index in [9.17, 15) is 0 Å². The number of hydrogen-bond acceptors (Lipinski definition) is 2. The summed E-state index contributed by atoms with van der Waals surface area (Å²) in [5, 5.41) is 13.8. The summed E-state index contributed by atoms with van der Waals surface area (Å²) in [6.07, 6.45) is 0. The molecule has 4 heteroatoms. The van der Waals surface area contributed by atoms with Crippen molar-refractivity contribution in [2.45, 2.75) is 19.6 Å². The zero-order valence-electron chi connectivity index (χ0n) is 10.5. The molecular weight excluding hydrogens is 281 g/mol. The second-order valence-corrected chi connectivity index (χ2v) is 5.23. The second-order valence-electron chi connectivity index (χ2n) is 4.39. The van der Waals surface area contributed by atoms with Gasteiger partial charge in [-0.25, -0.2) is 0 Å². The lowest BCUT2D eigenvalue weighted by Gasteiger charge is -2.17. The Morgan fingerprint density at radius 3 is 2.63 bits per heavy atom. The van der Waals surface area contributed by atoms with E-state index in [2.05, 4.69) is 5.32 Å². The van der Waals surface area contributed by atoms with Crippen LogP contribution >= 0.6 is 23.2 Å². The van der Waals surface area contributed by atoms with Crippen LogP contribution in [-0.2, 0) is 6.61 Å². The van der Waals surface area contributed by atoms with Crippen LogP contribution in [0.4, 0.5) is 5.69 Å². The number of hydrogen-bond donors (Lipinski definition) is 2. The minimum absolute atomic E-state index is 0.0333. The van der Waals surface area contributed by atoms with Crippen LogP contribution in [0.1, 0.15) is 24.1 Å². The summed E-state index contributed by atoms with van der Waals surface area (Å²) in [7, 11) is 0. The number of benzene rings is 2. The Balaban J connectivity index is 2.17. The normalized spacial score (nSPS) is 12.2. The summed E-state index contributed by atoms with van der Waals surface area (Å²) in [6.45, 7) is 2.06. The molecular formula is C15H15Cl2NO. The molecule has 0 aliphatic heterocycles. The summed E-state index contributed by atoms with van der Waals surface area (Å²) < 4.78 is 0. The Bertz CT molecular complexity index is 572. The third kappa shape index (κ3) is 3.63. The topological polar surface area (TPSA) is 32.3 Å². The highest BCUT2D eigenvalue weighted by molar-refractivity contribution is 6.35. The van der Waals surface area contributed by atoms with Crippen molar-refractivity contribution in [3.05, 3.63) is 63.6 Å². The van der Waals surface area contributed by atoms with Crippen LogP contribution in [0.25, 0.3) is 0 Å². The first-order chi connectivity index (χ1) is 9.10. The highest BCUT2D eigenvalue weighted by Gasteiger charge is 2.10. The molecule has 2 aromatic rings. The second kappa shape index (κ2) is 6.29. The lowest BCUT2D eigenvalue weighted by molar-refractivity contribution is 0.282. The van der Waals surface area contributed by atoms with Crippen LogP contribution in [-0.4, -0.2) is 5.11 Å². The maximum atomic E-state index is 9.12. The van der Waals surface area contributed by atoms with Crippen LogP contribution in [0.15, 0.2) is 42.5 Å². The number of rotatable bonds is 4. The molecule has 0 saturated carbocycles. The predicted molar refractivity (Wildman–Crippen MR) is 80.9 cm³/mol. The molecule has 100 valence electrons. The van der Waals surface area contributed by atoms with E-state index in [1.165, 1.54) is 0 Å². The van der Waals surface area contributed by atoms with E-state index in [4.69, 9.17) is 28.3 Å². The average molecular weight is 296 g/mol. The van der Waals surface area contributed by atoms with Crippen LogP contribution in [0.2, 0.25) is 10.0 Å². The average Bonchev–Trinajstić information content (AvgIpc) is 2.38. The van der Waals surface area contributed by atoms with E-state index in [1.807, 2.05) is 43.3 Å². The quantitative estimate of drug-likeness (QED) is 0.860. The summed E-state index contributed by atoms with van der Waals surface area (Å²) in [4.78, 5) is 0. The molecule has 0 spiro atoms. The molecule has 0 fully saturated rings. The predicted octanol–water partition coefficient (Wildman–Crippen LogP) is 4.66. The van der Waals surface area contributed by atoms with Crippen LogP contribution < -0.4 is 5.32 Å². The van der Waals surface area contributed by atoms with Gasteiger partial charge in [-0.2, -0.15) is 0 Å². The summed E-state index contributed by atoms with van der Waals surface area (Å²) in [5.74, 6) is 0. The van der Waals surface area contributed by atoms with Crippen molar-refractivity contribution >= 4 is 28.9 Å². The molecule has 0 aliphatic rings. The molecule has 0 heterocycles. The molecule has 1 atom stereocenters. The number of anilines is 1. The van der Waals surface area contributed by atoms with E-state index in [0.29, 0.717) is 10.0 Å². The molecule has 0 aliphatic carbocycles. The highest BCUT2D eigenvalue weighted by atomic mass is 35.5. The fraction of sp³-hybridized carbons (Fsp3) is 0.200. The number of halogens is 2. The highest BCUT2D eigenvalue weighted by Crippen LogP contribution is 2.28. The third-order valence-electron chi connectivity index (χ3n) is 2.92. The SMILES string of the molecule is CC(Nc1cccc(CO)c1)c1ccc(Cl)cc1Cl. The monoisotopic (exact) mass is 295 g/mol. The van der Waals surface area contributed by atoms with Gasteiger partial charge in [0.2, 0.25) is 0 Å². The van der Waals surface area contributed by atoms with Crippen molar-refractivity contribution in [3.63, 3.8) is 0 Å². The van der Waals surface area contributed by atoms with E-state index in [-0.39, 0.29) is 12.6 Å². The van der Waals surface area contributed by atoms with Gasteiger partial charge in [-0.15, -0.1) is 0 Å². The van der Waals surface area contributed by atoms with E-state index < -0.39 is 0 Å². The Kier molecular flexibility index (Phi) is 4.70. The van der Waals surface area contributed by atoms with Gasteiger partial charge in [0.1, 0.15) is 0 Å². The van der Waals surface area contributed by atoms with Crippen LogP contribution in [0.5, 0.6) is 0 Å². The fourth-order valence-electron chi connectivity index (χ4n) is 1.94.